The Kier molecular flexibility index (Phi) is 2.90. The number of nitrogens with zero attached hydrogens (tertiary/aromatic N) is 1. The molecule has 0 aliphatic rings. The minimum atomic E-state index is -4.44. The summed E-state index contributed by atoms with van der Waals surface area (Å²) in [6.07, 6.45) is -4.44. The van der Waals surface area contributed by atoms with Gasteiger partial charge in [-0.05, 0) is 42.8 Å². The van der Waals surface area contributed by atoms with Gasteiger partial charge in [-0.2, -0.15) is 13.2 Å². The second kappa shape index (κ2) is 4.51. The summed E-state index contributed by atoms with van der Waals surface area (Å²) in [4.78, 5) is 7.33. The van der Waals surface area contributed by atoms with E-state index in [9.17, 15) is 13.2 Å². The number of H-pyrrole nitrogens is 1. The molecule has 0 unspecified atom stereocenters. The van der Waals surface area contributed by atoms with Crippen molar-refractivity contribution in [1.82, 2.24) is 9.97 Å². The molecule has 108 valence electrons. The number of halogens is 3. The van der Waals surface area contributed by atoms with Crippen LogP contribution >= 0.6 is 0 Å². The average molecular weight is 291 g/mol. The van der Waals surface area contributed by atoms with E-state index in [2.05, 4.69) is 9.97 Å². The molecule has 1 heterocycles. The highest BCUT2D eigenvalue weighted by Crippen LogP contribution is 2.34. The van der Waals surface area contributed by atoms with Crippen molar-refractivity contribution < 1.29 is 13.2 Å². The zero-order chi connectivity index (χ0) is 15.2. The number of aromatic amines is 1. The molecule has 3 nitrogen and oxygen atoms in total. The van der Waals surface area contributed by atoms with Crippen LogP contribution in [0.3, 0.4) is 0 Å². The Labute approximate surface area is 118 Å². The third-order valence-electron chi connectivity index (χ3n) is 3.19. The van der Waals surface area contributed by atoms with Gasteiger partial charge in [0.2, 0.25) is 0 Å². The van der Waals surface area contributed by atoms with Crippen LogP contribution in [-0.2, 0) is 6.18 Å². The highest BCUT2D eigenvalue weighted by molar-refractivity contribution is 5.80. The summed E-state index contributed by atoms with van der Waals surface area (Å²) in [5.74, 6) is 0.369. The molecule has 0 saturated heterocycles. The number of hydrogen-bond donors (Lipinski definition) is 2. The molecule has 0 amide bonds. The highest BCUT2D eigenvalue weighted by Gasteiger charge is 2.31. The fraction of sp³-hybridized carbons (Fsp3) is 0.133. The van der Waals surface area contributed by atoms with Crippen LogP contribution in [0.4, 0.5) is 18.9 Å². The summed E-state index contributed by atoms with van der Waals surface area (Å²) in [6.45, 7) is 1.93. The van der Waals surface area contributed by atoms with Crippen molar-refractivity contribution in [2.24, 2.45) is 0 Å². The van der Waals surface area contributed by atoms with E-state index in [0.29, 0.717) is 16.9 Å². The van der Waals surface area contributed by atoms with E-state index in [1.54, 1.807) is 0 Å². The van der Waals surface area contributed by atoms with Crippen LogP contribution in [0.5, 0.6) is 0 Å². The Morgan fingerprint density at radius 2 is 1.86 bits per heavy atom. The molecular formula is C15H12F3N3. The number of aryl methyl sites for hydroxylation is 1. The minimum absolute atomic E-state index is 0.0523. The summed E-state index contributed by atoms with van der Waals surface area (Å²) in [6, 6.07) is 9.04. The second-order valence-corrected chi connectivity index (χ2v) is 4.95. The van der Waals surface area contributed by atoms with Crippen molar-refractivity contribution in [1.29, 1.82) is 0 Å². The van der Waals surface area contributed by atoms with E-state index >= 15 is 0 Å². The van der Waals surface area contributed by atoms with Gasteiger partial charge in [0.05, 0.1) is 16.6 Å². The Bertz CT molecular complexity index is 819. The third-order valence-corrected chi connectivity index (χ3v) is 3.19. The largest absolute Gasteiger partial charge is 0.416 e. The smallest absolute Gasteiger partial charge is 0.399 e. The molecule has 0 radical (unpaired) electrons. The van der Waals surface area contributed by atoms with Crippen molar-refractivity contribution in [2.45, 2.75) is 13.1 Å². The SMILES string of the molecule is Cc1ccc2nc(-c3cc(N)cc(C(F)(F)F)c3)[nH]c2c1. The standard InChI is InChI=1S/C15H12F3N3/c1-8-2-3-12-13(4-8)21-14(20-12)9-5-10(15(16,17)18)7-11(19)6-9/h2-7H,19H2,1H3,(H,20,21). The molecule has 3 N–H and O–H groups in total. The molecule has 0 aliphatic carbocycles. The lowest BCUT2D eigenvalue weighted by Crippen LogP contribution is -2.06. The Hall–Kier alpha value is -2.50. The maximum absolute atomic E-state index is 12.8. The van der Waals surface area contributed by atoms with Gasteiger partial charge in [0.15, 0.2) is 0 Å². The molecule has 0 spiro atoms. The fourth-order valence-electron chi connectivity index (χ4n) is 2.21. The maximum Gasteiger partial charge on any atom is 0.416 e. The molecule has 0 saturated carbocycles. The highest BCUT2D eigenvalue weighted by atomic mass is 19.4. The maximum atomic E-state index is 12.8. The van der Waals surface area contributed by atoms with Crippen LogP contribution in [0, 0.1) is 6.92 Å². The monoisotopic (exact) mass is 291 g/mol. The molecule has 3 aromatic rings. The second-order valence-electron chi connectivity index (χ2n) is 4.95. The van der Waals surface area contributed by atoms with Gasteiger partial charge >= 0.3 is 6.18 Å². The number of aromatic nitrogens is 2. The topological polar surface area (TPSA) is 54.7 Å². The van der Waals surface area contributed by atoms with Crippen LogP contribution in [0.15, 0.2) is 36.4 Å². The van der Waals surface area contributed by atoms with Gasteiger partial charge in [-0.15, -0.1) is 0 Å². The molecule has 0 bridgehead atoms. The lowest BCUT2D eigenvalue weighted by atomic mass is 10.1. The van der Waals surface area contributed by atoms with Crippen molar-refractivity contribution >= 4 is 16.7 Å². The molecular weight excluding hydrogens is 279 g/mol. The number of benzene rings is 2. The first-order valence-electron chi connectivity index (χ1n) is 6.27. The summed E-state index contributed by atoms with van der Waals surface area (Å²) < 4.78 is 38.5. The predicted molar refractivity (Wildman–Crippen MR) is 75.7 cm³/mol. The zero-order valence-electron chi connectivity index (χ0n) is 11.1. The Morgan fingerprint density at radius 1 is 1.10 bits per heavy atom. The van der Waals surface area contributed by atoms with Gasteiger partial charge in [-0.25, -0.2) is 4.98 Å². The van der Waals surface area contributed by atoms with Crippen molar-refractivity contribution in [3.8, 4) is 11.4 Å². The summed E-state index contributed by atoms with van der Waals surface area (Å²) in [5, 5.41) is 0. The third kappa shape index (κ3) is 2.56. The van der Waals surface area contributed by atoms with Crippen molar-refractivity contribution in [2.75, 3.05) is 5.73 Å². The van der Waals surface area contributed by atoms with Gasteiger partial charge in [0.25, 0.3) is 0 Å². The van der Waals surface area contributed by atoms with Gasteiger partial charge in [0.1, 0.15) is 5.82 Å². The molecule has 0 fully saturated rings. The van der Waals surface area contributed by atoms with Crippen LogP contribution in [0.1, 0.15) is 11.1 Å². The number of nitrogens with two attached hydrogens (primary N) is 1. The lowest BCUT2D eigenvalue weighted by Gasteiger charge is -2.09. The molecule has 0 aliphatic heterocycles. The average Bonchev–Trinajstić information content (AvgIpc) is 2.80. The number of nitrogen functional groups attached to an aromatic ring is 1. The van der Waals surface area contributed by atoms with Gasteiger partial charge in [-0.3, -0.25) is 0 Å². The predicted octanol–water partition coefficient (Wildman–Crippen LogP) is 4.14. The summed E-state index contributed by atoms with van der Waals surface area (Å²) in [5.41, 5.74) is 7.68. The van der Waals surface area contributed by atoms with E-state index in [-0.39, 0.29) is 5.69 Å². The van der Waals surface area contributed by atoms with Crippen LogP contribution < -0.4 is 5.73 Å². The molecule has 2 aromatic carbocycles. The molecule has 0 atom stereocenters. The molecule has 1 aromatic heterocycles. The first kappa shape index (κ1) is 13.5. The number of fused-ring (bicyclic) bond motifs is 1. The molecule has 21 heavy (non-hydrogen) atoms. The van der Waals surface area contributed by atoms with Crippen molar-refractivity contribution in [3.63, 3.8) is 0 Å². The van der Waals surface area contributed by atoms with E-state index < -0.39 is 11.7 Å². The minimum Gasteiger partial charge on any atom is -0.399 e. The zero-order valence-corrected chi connectivity index (χ0v) is 11.1. The normalized spacial score (nSPS) is 12.0. The number of alkyl halides is 3. The van der Waals surface area contributed by atoms with Gasteiger partial charge in [-0.1, -0.05) is 6.07 Å². The first-order valence-corrected chi connectivity index (χ1v) is 6.27. The van der Waals surface area contributed by atoms with Crippen LogP contribution in [0.25, 0.3) is 22.4 Å². The van der Waals surface area contributed by atoms with Gasteiger partial charge in [0, 0.05) is 11.3 Å². The number of anilines is 1. The lowest BCUT2D eigenvalue weighted by molar-refractivity contribution is -0.137. The van der Waals surface area contributed by atoms with Crippen LogP contribution in [0.2, 0.25) is 0 Å². The summed E-state index contributed by atoms with van der Waals surface area (Å²) in [7, 11) is 0. The van der Waals surface area contributed by atoms with E-state index in [1.807, 2.05) is 25.1 Å². The Morgan fingerprint density at radius 3 is 2.57 bits per heavy atom. The number of rotatable bonds is 1. The van der Waals surface area contributed by atoms with E-state index in [4.69, 9.17) is 5.73 Å². The number of nitrogens with one attached hydrogen (secondary N) is 1. The summed E-state index contributed by atoms with van der Waals surface area (Å²) >= 11 is 0. The quantitative estimate of drug-likeness (QED) is 0.662. The molecule has 3 rings (SSSR count). The van der Waals surface area contributed by atoms with Crippen molar-refractivity contribution in [3.05, 3.63) is 47.5 Å². The van der Waals surface area contributed by atoms with E-state index in [0.717, 1.165) is 23.2 Å². The number of hydrogen-bond acceptors (Lipinski definition) is 2. The van der Waals surface area contributed by atoms with Gasteiger partial charge < -0.3 is 10.7 Å². The molecule has 6 heteroatoms. The fourth-order valence-corrected chi connectivity index (χ4v) is 2.21. The first-order chi connectivity index (χ1) is 9.83. The Balaban J connectivity index is 2.16. The van der Waals surface area contributed by atoms with E-state index in [1.165, 1.54) is 6.07 Å². The number of imidazole rings is 1. The van der Waals surface area contributed by atoms with Crippen LogP contribution in [-0.4, -0.2) is 9.97 Å².